The number of carbonyl (C=O) groups is 2. The van der Waals surface area contributed by atoms with Crippen molar-refractivity contribution in [2.45, 2.75) is 0 Å². The Balaban J connectivity index is 2.26. The number of rotatable bonds is 3. The molecule has 2 aromatic rings. The number of para-hydroxylation sites is 1. The van der Waals surface area contributed by atoms with Gasteiger partial charge in [0.1, 0.15) is 28.4 Å². The molecule has 21 heavy (non-hydrogen) atoms. The van der Waals surface area contributed by atoms with Crippen molar-refractivity contribution in [3.63, 3.8) is 0 Å². The number of carbonyl (C=O) groups excluding carboxylic acids is 2. The van der Waals surface area contributed by atoms with Crippen LogP contribution in [0.4, 0.5) is 0 Å². The summed E-state index contributed by atoms with van der Waals surface area (Å²) in [5, 5.41) is 19.1. The second kappa shape index (κ2) is 5.96. The minimum absolute atomic E-state index is 0.00908. The van der Waals surface area contributed by atoms with Crippen molar-refractivity contribution < 1.29 is 29.3 Å². The van der Waals surface area contributed by atoms with Crippen molar-refractivity contribution in [3.05, 3.63) is 53.6 Å². The lowest BCUT2D eigenvalue weighted by Gasteiger charge is -2.08. The van der Waals surface area contributed by atoms with Gasteiger partial charge < -0.3 is 19.7 Å². The summed E-state index contributed by atoms with van der Waals surface area (Å²) in [7, 11) is 1.17. The highest BCUT2D eigenvalue weighted by atomic mass is 16.5. The van der Waals surface area contributed by atoms with Crippen LogP contribution < -0.4 is 4.74 Å². The zero-order chi connectivity index (χ0) is 15.4. The van der Waals surface area contributed by atoms with Crippen molar-refractivity contribution in [2.24, 2.45) is 0 Å². The summed E-state index contributed by atoms with van der Waals surface area (Å²) in [6.45, 7) is 0. The molecule has 6 heteroatoms. The van der Waals surface area contributed by atoms with Crippen molar-refractivity contribution in [3.8, 4) is 17.2 Å². The summed E-state index contributed by atoms with van der Waals surface area (Å²) < 4.78 is 9.56. The molecule has 2 N–H and O–H groups in total. The Morgan fingerprint density at radius 2 is 1.57 bits per heavy atom. The molecule has 0 spiro atoms. The van der Waals surface area contributed by atoms with Crippen LogP contribution in [0.1, 0.15) is 20.7 Å². The van der Waals surface area contributed by atoms with Crippen LogP contribution in [0.3, 0.4) is 0 Å². The summed E-state index contributed by atoms with van der Waals surface area (Å²) in [6, 6.07) is 9.61. The van der Waals surface area contributed by atoms with E-state index in [4.69, 9.17) is 4.74 Å². The number of hydrogen-bond acceptors (Lipinski definition) is 6. The van der Waals surface area contributed by atoms with Crippen LogP contribution in [0.15, 0.2) is 42.5 Å². The van der Waals surface area contributed by atoms with Crippen LogP contribution in [0.25, 0.3) is 0 Å². The topological polar surface area (TPSA) is 93.1 Å². The van der Waals surface area contributed by atoms with E-state index in [1.54, 1.807) is 12.1 Å². The molecule has 6 nitrogen and oxygen atoms in total. The van der Waals surface area contributed by atoms with Gasteiger partial charge in [-0.2, -0.15) is 0 Å². The van der Waals surface area contributed by atoms with E-state index < -0.39 is 11.9 Å². The van der Waals surface area contributed by atoms with Gasteiger partial charge in [-0.3, -0.25) is 0 Å². The highest BCUT2D eigenvalue weighted by molar-refractivity contribution is 5.95. The molecule has 108 valence electrons. The van der Waals surface area contributed by atoms with Gasteiger partial charge in [-0.25, -0.2) is 9.59 Å². The molecule has 0 aliphatic heterocycles. The first-order chi connectivity index (χ1) is 10.0. The average molecular weight is 288 g/mol. The van der Waals surface area contributed by atoms with Crippen LogP contribution in [-0.4, -0.2) is 29.3 Å². The predicted octanol–water partition coefficient (Wildman–Crippen LogP) is 2.10. The normalized spacial score (nSPS) is 9.95. The maximum absolute atomic E-state index is 11.9. The lowest BCUT2D eigenvalue weighted by molar-refractivity contribution is 0.0594. The fourth-order valence-corrected chi connectivity index (χ4v) is 1.66. The summed E-state index contributed by atoms with van der Waals surface area (Å²) in [6.07, 6.45) is 0. The number of benzene rings is 2. The average Bonchev–Trinajstić information content (AvgIpc) is 2.48. The van der Waals surface area contributed by atoms with Crippen molar-refractivity contribution in [2.75, 3.05) is 7.11 Å². The summed E-state index contributed by atoms with van der Waals surface area (Å²) in [5.41, 5.74) is -0.134. The smallest absolute Gasteiger partial charge is 0.347 e. The Kier molecular flexibility index (Phi) is 4.08. The Hall–Kier alpha value is -3.02. The monoisotopic (exact) mass is 288 g/mol. The molecule has 0 heterocycles. The van der Waals surface area contributed by atoms with Crippen molar-refractivity contribution in [1.29, 1.82) is 0 Å². The SMILES string of the molecule is COC(=O)c1cc(OC(=O)c2ccccc2O)ccc1O. The summed E-state index contributed by atoms with van der Waals surface area (Å²) in [5.74, 6) is -2.00. The van der Waals surface area contributed by atoms with Gasteiger partial charge in [0.25, 0.3) is 0 Å². The molecule has 0 aliphatic carbocycles. The van der Waals surface area contributed by atoms with Crippen LogP contribution in [0.2, 0.25) is 0 Å². The maximum atomic E-state index is 11.9. The van der Waals surface area contributed by atoms with Crippen molar-refractivity contribution in [1.82, 2.24) is 0 Å². The van der Waals surface area contributed by atoms with Crippen LogP contribution in [0.5, 0.6) is 17.2 Å². The van der Waals surface area contributed by atoms with E-state index in [9.17, 15) is 19.8 Å². The molecule has 0 bridgehead atoms. The fraction of sp³-hybridized carbons (Fsp3) is 0.0667. The molecule has 0 amide bonds. The highest BCUT2D eigenvalue weighted by Gasteiger charge is 2.16. The quantitative estimate of drug-likeness (QED) is 0.663. The number of phenols is 2. The lowest BCUT2D eigenvalue weighted by Crippen LogP contribution is -2.09. The van der Waals surface area contributed by atoms with E-state index >= 15 is 0 Å². The maximum Gasteiger partial charge on any atom is 0.347 e. The summed E-state index contributed by atoms with van der Waals surface area (Å²) >= 11 is 0. The molecule has 0 atom stereocenters. The zero-order valence-electron chi connectivity index (χ0n) is 11.1. The third kappa shape index (κ3) is 3.11. The Morgan fingerprint density at radius 1 is 0.905 bits per heavy atom. The second-order valence-corrected chi connectivity index (χ2v) is 4.08. The first-order valence-electron chi connectivity index (χ1n) is 5.94. The molecule has 0 radical (unpaired) electrons. The molecule has 2 aromatic carbocycles. The Morgan fingerprint density at radius 3 is 2.24 bits per heavy atom. The summed E-state index contributed by atoms with van der Waals surface area (Å²) in [4.78, 5) is 23.3. The van der Waals surface area contributed by atoms with Gasteiger partial charge in [0.05, 0.1) is 7.11 Å². The van der Waals surface area contributed by atoms with Crippen molar-refractivity contribution >= 4 is 11.9 Å². The van der Waals surface area contributed by atoms with Gasteiger partial charge in [-0.05, 0) is 30.3 Å². The van der Waals surface area contributed by atoms with E-state index in [0.29, 0.717) is 0 Å². The molecule has 0 fully saturated rings. The van der Waals surface area contributed by atoms with Crippen LogP contribution >= 0.6 is 0 Å². The molecule has 0 aliphatic rings. The number of aromatic hydroxyl groups is 2. The standard InChI is InChI=1S/C15H12O6/c1-20-14(18)11-8-9(6-7-13(11)17)21-15(19)10-4-2-3-5-12(10)16/h2-8,16-17H,1H3. The molecule has 2 rings (SSSR count). The van der Waals surface area contributed by atoms with Gasteiger partial charge in [-0.15, -0.1) is 0 Å². The molecule has 0 aromatic heterocycles. The third-order valence-electron chi connectivity index (χ3n) is 2.71. The molecule has 0 saturated heterocycles. The molecule has 0 saturated carbocycles. The van der Waals surface area contributed by atoms with E-state index in [1.807, 2.05) is 0 Å². The number of hydrogen-bond donors (Lipinski definition) is 2. The van der Waals surface area contributed by atoms with Gasteiger partial charge in [-0.1, -0.05) is 12.1 Å². The van der Waals surface area contributed by atoms with E-state index in [1.165, 1.54) is 37.4 Å². The number of methoxy groups -OCH3 is 1. The molecular formula is C15H12O6. The molecular weight excluding hydrogens is 276 g/mol. The third-order valence-corrected chi connectivity index (χ3v) is 2.71. The van der Waals surface area contributed by atoms with E-state index in [2.05, 4.69) is 4.74 Å². The number of ether oxygens (including phenoxy) is 2. The lowest BCUT2D eigenvalue weighted by atomic mass is 10.2. The first kappa shape index (κ1) is 14.4. The Labute approximate surface area is 120 Å². The number of phenolic OH excluding ortho intramolecular Hbond substituents is 2. The van der Waals surface area contributed by atoms with Gasteiger partial charge in [0.2, 0.25) is 0 Å². The highest BCUT2D eigenvalue weighted by Crippen LogP contribution is 2.25. The van der Waals surface area contributed by atoms with Gasteiger partial charge in [0.15, 0.2) is 0 Å². The van der Waals surface area contributed by atoms with Crippen LogP contribution in [-0.2, 0) is 4.74 Å². The second-order valence-electron chi connectivity index (χ2n) is 4.08. The van der Waals surface area contributed by atoms with Crippen LogP contribution in [0, 0.1) is 0 Å². The Bertz CT molecular complexity index is 692. The largest absolute Gasteiger partial charge is 0.507 e. The minimum Gasteiger partial charge on any atom is -0.507 e. The minimum atomic E-state index is -0.783. The van der Waals surface area contributed by atoms with Gasteiger partial charge >= 0.3 is 11.9 Å². The predicted molar refractivity (Wildman–Crippen MR) is 72.5 cm³/mol. The van der Waals surface area contributed by atoms with E-state index in [0.717, 1.165) is 0 Å². The number of esters is 2. The first-order valence-corrected chi connectivity index (χ1v) is 5.94. The fourth-order valence-electron chi connectivity index (χ4n) is 1.66. The molecule has 0 unspecified atom stereocenters. The zero-order valence-corrected chi connectivity index (χ0v) is 11.1. The van der Waals surface area contributed by atoms with Gasteiger partial charge in [0, 0.05) is 0 Å². The van der Waals surface area contributed by atoms with E-state index in [-0.39, 0.29) is 28.4 Å².